The van der Waals surface area contributed by atoms with Crippen molar-refractivity contribution in [2.75, 3.05) is 11.4 Å². The fourth-order valence-electron chi connectivity index (χ4n) is 4.18. The van der Waals surface area contributed by atoms with Gasteiger partial charge in [0.2, 0.25) is 5.91 Å². The molecule has 0 bridgehead atoms. The van der Waals surface area contributed by atoms with Crippen LogP contribution >= 0.6 is 0 Å². The molecule has 4 rings (SSSR count). The lowest BCUT2D eigenvalue weighted by Crippen LogP contribution is -2.65. The predicted molar refractivity (Wildman–Crippen MR) is 88.3 cm³/mol. The number of urea groups is 1. The molecule has 2 heterocycles. The first-order valence-electron chi connectivity index (χ1n) is 8.67. The highest BCUT2D eigenvalue weighted by molar-refractivity contribution is 6.19. The van der Waals surface area contributed by atoms with Crippen molar-refractivity contribution < 1.29 is 14.4 Å². The summed E-state index contributed by atoms with van der Waals surface area (Å²) in [4.78, 5) is 41.1. The molecule has 3 aliphatic rings. The van der Waals surface area contributed by atoms with Crippen LogP contribution in [0.15, 0.2) is 30.3 Å². The third-order valence-corrected chi connectivity index (χ3v) is 5.39. The average molecular weight is 327 g/mol. The molecule has 2 aliphatic heterocycles. The summed E-state index contributed by atoms with van der Waals surface area (Å²) >= 11 is 0. The highest BCUT2D eigenvalue weighted by atomic mass is 16.2. The predicted octanol–water partition coefficient (Wildman–Crippen LogP) is 1.90. The molecular weight excluding hydrogens is 306 g/mol. The molecule has 1 aromatic carbocycles. The van der Waals surface area contributed by atoms with Crippen molar-refractivity contribution in [1.82, 2.24) is 10.2 Å². The summed E-state index contributed by atoms with van der Waals surface area (Å²) in [5.74, 6) is -0.171. The van der Waals surface area contributed by atoms with Crippen molar-refractivity contribution in [3.63, 3.8) is 0 Å². The molecule has 1 aliphatic carbocycles. The zero-order chi connectivity index (χ0) is 16.7. The summed E-state index contributed by atoms with van der Waals surface area (Å²) < 4.78 is 0. The van der Waals surface area contributed by atoms with Gasteiger partial charge in [-0.05, 0) is 31.4 Å². The Bertz CT molecular complexity index is 669. The van der Waals surface area contributed by atoms with Crippen molar-refractivity contribution >= 4 is 23.5 Å². The van der Waals surface area contributed by atoms with Gasteiger partial charge in [-0.2, -0.15) is 0 Å². The van der Waals surface area contributed by atoms with Gasteiger partial charge in [0, 0.05) is 12.5 Å². The highest BCUT2D eigenvalue weighted by Crippen LogP contribution is 2.32. The second kappa shape index (κ2) is 5.92. The first-order valence-corrected chi connectivity index (χ1v) is 8.67. The SMILES string of the molecule is O=C1N[C@@H]2CCN(C(=O)C3CCCC3)[C@H]2C(=O)N1c1ccccc1. The molecule has 2 saturated heterocycles. The van der Waals surface area contributed by atoms with E-state index in [1.807, 2.05) is 6.07 Å². The van der Waals surface area contributed by atoms with E-state index in [-0.39, 0.29) is 23.8 Å². The van der Waals surface area contributed by atoms with E-state index < -0.39 is 12.1 Å². The minimum Gasteiger partial charge on any atom is -0.332 e. The third-order valence-electron chi connectivity index (χ3n) is 5.39. The molecule has 0 spiro atoms. The van der Waals surface area contributed by atoms with Gasteiger partial charge in [0.05, 0.1) is 11.7 Å². The molecule has 6 nitrogen and oxygen atoms in total. The normalized spacial score (nSPS) is 27.3. The number of rotatable bonds is 2. The van der Waals surface area contributed by atoms with Crippen LogP contribution in [0.25, 0.3) is 0 Å². The van der Waals surface area contributed by atoms with Crippen molar-refractivity contribution in [1.29, 1.82) is 0 Å². The summed E-state index contributed by atoms with van der Waals surface area (Å²) in [6, 6.07) is 7.64. The van der Waals surface area contributed by atoms with Crippen LogP contribution in [0.1, 0.15) is 32.1 Å². The molecule has 4 amide bonds. The number of carbonyl (C=O) groups is 3. The standard InChI is InChI=1S/C18H21N3O3/c22-16(12-6-4-5-7-12)20-11-10-14-15(20)17(23)21(18(24)19-14)13-8-2-1-3-9-13/h1-3,8-9,12,14-15H,4-7,10-11H2,(H,19,24)/t14-,15-/m1/s1. The first kappa shape index (κ1) is 15.2. The summed E-state index contributed by atoms with van der Waals surface area (Å²) in [5, 5.41) is 2.91. The molecule has 24 heavy (non-hydrogen) atoms. The second-order valence-electron chi connectivity index (χ2n) is 6.81. The quantitative estimate of drug-likeness (QED) is 0.902. The molecule has 0 unspecified atom stereocenters. The van der Waals surface area contributed by atoms with Crippen LogP contribution in [0.4, 0.5) is 10.5 Å². The largest absolute Gasteiger partial charge is 0.332 e. The fraction of sp³-hybridized carbons (Fsp3) is 0.500. The molecule has 1 N–H and O–H groups in total. The van der Waals surface area contributed by atoms with E-state index in [2.05, 4.69) is 5.32 Å². The number of imide groups is 1. The lowest BCUT2D eigenvalue weighted by Gasteiger charge is -2.37. The molecular formula is C18H21N3O3. The number of nitrogens with zero attached hydrogens (tertiary/aromatic N) is 2. The third kappa shape index (κ3) is 2.37. The maximum Gasteiger partial charge on any atom is 0.329 e. The smallest absolute Gasteiger partial charge is 0.329 e. The number of hydrogen-bond donors (Lipinski definition) is 1. The molecule has 126 valence electrons. The van der Waals surface area contributed by atoms with E-state index in [1.165, 1.54) is 4.90 Å². The average Bonchev–Trinajstić information content (AvgIpc) is 3.25. The van der Waals surface area contributed by atoms with Gasteiger partial charge in [-0.15, -0.1) is 0 Å². The van der Waals surface area contributed by atoms with Gasteiger partial charge in [0.1, 0.15) is 6.04 Å². The minimum atomic E-state index is -0.573. The van der Waals surface area contributed by atoms with Crippen LogP contribution < -0.4 is 10.2 Å². The lowest BCUT2D eigenvalue weighted by atomic mass is 10.0. The Kier molecular flexibility index (Phi) is 3.75. The number of likely N-dealkylation sites (tertiary alicyclic amines) is 1. The van der Waals surface area contributed by atoms with Crippen molar-refractivity contribution in [3.8, 4) is 0 Å². The van der Waals surface area contributed by atoms with E-state index in [4.69, 9.17) is 0 Å². The van der Waals surface area contributed by atoms with Gasteiger partial charge < -0.3 is 10.2 Å². The molecule has 0 aromatic heterocycles. The summed E-state index contributed by atoms with van der Waals surface area (Å²) in [6.07, 6.45) is 4.63. The van der Waals surface area contributed by atoms with Gasteiger partial charge in [-0.1, -0.05) is 31.0 Å². The summed E-state index contributed by atoms with van der Waals surface area (Å²) in [7, 11) is 0. The zero-order valence-corrected chi connectivity index (χ0v) is 13.5. The monoisotopic (exact) mass is 327 g/mol. The van der Waals surface area contributed by atoms with Crippen LogP contribution in [0, 0.1) is 5.92 Å². The molecule has 3 fully saturated rings. The Morgan fingerprint density at radius 2 is 1.75 bits per heavy atom. The number of para-hydroxylation sites is 1. The van der Waals surface area contributed by atoms with Crippen LogP contribution in [0.3, 0.4) is 0 Å². The molecule has 1 aromatic rings. The molecule has 2 atom stereocenters. The van der Waals surface area contributed by atoms with Crippen molar-refractivity contribution in [3.05, 3.63) is 30.3 Å². The van der Waals surface area contributed by atoms with E-state index >= 15 is 0 Å². The summed E-state index contributed by atoms with van der Waals surface area (Å²) in [6.45, 7) is 0.541. The maximum absolute atomic E-state index is 13.0. The molecule has 0 radical (unpaired) electrons. The Morgan fingerprint density at radius 3 is 2.46 bits per heavy atom. The fourth-order valence-corrected chi connectivity index (χ4v) is 4.18. The van der Waals surface area contributed by atoms with E-state index in [9.17, 15) is 14.4 Å². The van der Waals surface area contributed by atoms with Crippen molar-refractivity contribution in [2.45, 2.75) is 44.2 Å². The minimum absolute atomic E-state index is 0.0411. The molecule has 1 saturated carbocycles. The zero-order valence-electron chi connectivity index (χ0n) is 13.5. The van der Waals surface area contributed by atoms with Crippen LogP contribution in [0.5, 0.6) is 0 Å². The summed E-state index contributed by atoms with van der Waals surface area (Å²) in [5.41, 5.74) is 0.540. The topological polar surface area (TPSA) is 69.7 Å². The Morgan fingerprint density at radius 1 is 1.04 bits per heavy atom. The van der Waals surface area contributed by atoms with E-state index in [0.29, 0.717) is 18.7 Å². The number of fused-ring (bicyclic) bond motifs is 1. The Hall–Kier alpha value is -2.37. The van der Waals surface area contributed by atoms with Gasteiger partial charge in [-0.25, -0.2) is 9.69 Å². The van der Waals surface area contributed by atoms with Crippen LogP contribution in [0.2, 0.25) is 0 Å². The Balaban J connectivity index is 1.61. The number of hydrogen-bond acceptors (Lipinski definition) is 3. The van der Waals surface area contributed by atoms with Gasteiger partial charge in [0.15, 0.2) is 0 Å². The number of benzene rings is 1. The first-order chi connectivity index (χ1) is 11.7. The number of carbonyl (C=O) groups excluding carboxylic acids is 3. The van der Waals surface area contributed by atoms with Gasteiger partial charge in [-0.3, -0.25) is 9.59 Å². The van der Waals surface area contributed by atoms with Crippen molar-refractivity contribution in [2.24, 2.45) is 5.92 Å². The number of amides is 4. The van der Waals surface area contributed by atoms with Gasteiger partial charge >= 0.3 is 6.03 Å². The Labute approximate surface area is 140 Å². The van der Waals surface area contributed by atoms with E-state index in [1.54, 1.807) is 29.2 Å². The van der Waals surface area contributed by atoms with E-state index in [0.717, 1.165) is 25.7 Å². The highest BCUT2D eigenvalue weighted by Gasteiger charge is 2.50. The molecule has 6 heteroatoms. The maximum atomic E-state index is 13.0. The second-order valence-corrected chi connectivity index (χ2v) is 6.81. The van der Waals surface area contributed by atoms with Gasteiger partial charge in [0.25, 0.3) is 5.91 Å². The lowest BCUT2D eigenvalue weighted by molar-refractivity contribution is -0.141. The van der Waals surface area contributed by atoms with Crippen LogP contribution in [-0.4, -0.2) is 41.4 Å². The van der Waals surface area contributed by atoms with Crippen LogP contribution in [-0.2, 0) is 9.59 Å². The number of nitrogens with one attached hydrogen (secondary N) is 1. The number of anilines is 1.